The Balaban J connectivity index is 1.62. The molecule has 0 N–H and O–H groups in total. The molecule has 1 heterocycles. The van der Waals surface area contributed by atoms with E-state index in [9.17, 15) is 18.0 Å². The molecule has 0 saturated carbocycles. The zero-order valence-corrected chi connectivity index (χ0v) is 15.5. The van der Waals surface area contributed by atoms with Gasteiger partial charge in [-0.1, -0.05) is 29.8 Å². The van der Waals surface area contributed by atoms with Gasteiger partial charge in [0.1, 0.15) is 0 Å². The number of halogens is 3. The lowest BCUT2D eigenvalue weighted by atomic mass is 10.0. The van der Waals surface area contributed by atoms with E-state index >= 15 is 0 Å². The molecule has 3 nitrogen and oxygen atoms in total. The molecule has 0 atom stereocenters. The number of carbonyl (C=O) groups is 1. The molecular weight excluding hydrogens is 353 g/mol. The molecule has 6 heteroatoms. The van der Waals surface area contributed by atoms with Crippen LogP contribution in [0.4, 0.5) is 18.9 Å². The Morgan fingerprint density at radius 2 is 1.70 bits per heavy atom. The number of hydrogen-bond acceptors (Lipinski definition) is 2. The normalized spacial score (nSPS) is 15.1. The molecule has 0 aromatic heterocycles. The third-order valence-corrected chi connectivity index (χ3v) is 5.02. The van der Waals surface area contributed by atoms with Crippen LogP contribution in [0.3, 0.4) is 0 Å². The fourth-order valence-electron chi connectivity index (χ4n) is 3.36. The van der Waals surface area contributed by atoms with Crippen LogP contribution >= 0.6 is 0 Å². The van der Waals surface area contributed by atoms with Crippen molar-refractivity contribution in [3.63, 3.8) is 0 Å². The van der Waals surface area contributed by atoms with Crippen LogP contribution in [0.25, 0.3) is 0 Å². The van der Waals surface area contributed by atoms with Gasteiger partial charge in [-0.2, -0.15) is 13.2 Å². The van der Waals surface area contributed by atoms with Crippen LogP contribution in [-0.4, -0.2) is 37.0 Å². The van der Waals surface area contributed by atoms with Gasteiger partial charge in [0.25, 0.3) is 0 Å². The number of benzene rings is 2. The number of amides is 1. The first-order valence-electron chi connectivity index (χ1n) is 9.00. The minimum Gasteiger partial charge on any atom is -0.368 e. The summed E-state index contributed by atoms with van der Waals surface area (Å²) in [7, 11) is 0. The minimum atomic E-state index is -4.35. The number of carbonyl (C=O) groups excluding carboxylic acids is 1. The summed E-state index contributed by atoms with van der Waals surface area (Å²) in [6, 6.07) is 11.4. The van der Waals surface area contributed by atoms with E-state index in [2.05, 4.69) is 0 Å². The van der Waals surface area contributed by atoms with Crippen LogP contribution in [0.15, 0.2) is 42.5 Å². The van der Waals surface area contributed by atoms with E-state index < -0.39 is 11.7 Å². The molecule has 1 saturated heterocycles. The maximum absolute atomic E-state index is 12.9. The first-order chi connectivity index (χ1) is 12.7. The summed E-state index contributed by atoms with van der Waals surface area (Å²) >= 11 is 0. The number of hydrogen-bond donors (Lipinski definition) is 0. The first-order valence-corrected chi connectivity index (χ1v) is 9.00. The van der Waals surface area contributed by atoms with Gasteiger partial charge in [0, 0.05) is 31.9 Å². The van der Waals surface area contributed by atoms with E-state index in [-0.39, 0.29) is 5.91 Å². The number of anilines is 1. The molecule has 27 heavy (non-hydrogen) atoms. The Morgan fingerprint density at radius 3 is 2.37 bits per heavy atom. The molecule has 1 aliphatic rings. The Bertz CT molecular complexity index is 824. The van der Waals surface area contributed by atoms with Gasteiger partial charge >= 0.3 is 6.18 Å². The van der Waals surface area contributed by atoms with Crippen LogP contribution in [0.1, 0.15) is 22.3 Å². The molecule has 0 aliphatic carbocycles. The topological polar surface area (TPSA) is 23.6 Å². The lowest BCUT2D eigenvalue weighted by Crippen LogP contribution is -2.49. The van der Waals surface area contributed by atoms with E-state index in [1.165, 1.54) is 12.1 Å². The van der Waals surface area contributed by atoms with E-state index in [0.717, 1.165) is 22.8 Å². The van der Waals surface area contributed by atoms with Crippen molar-refractivity contribution < 1.29 is 18.0 Å². The van der Waals surface area contributed by atoms with Crippen LogP contribution in [0.5, 0.6) is 0 Å². The summed E-state index contributed by atoms with van der Waals surface area (Å²) in [6.07, 6.45) is -3.99. The number of alkyl halides is 3. The smallest absolute Gasteiger partial charge is 0.368 e. The van der Waals surface area contributed by atoms with Crippen molar-refractivity contribution in [1.29, 1.82) is 0 Å². The highest BCUT2D eigenvalue weighted by atomic mass is 19.4. The lowest BCUT2D eigenvalue weighted by molar-refractivity contribution is -0.137. The fourth-order valence-corrected chi connectivity index (χ4v) is 3.36. The minimum absolute atomic E-state index is 0.0624. The standard InChI is InChI=1S/C21H23F3N2O/c1-15-6-7-16(2)17(12-15)13-20(27)26-10-8-25(9-11-26)19-5-3-4-18(14-19)21(22,23)24/h3-7,12,14H,8-11,13H2,1-2H3. The van der Waals surface area contributed by atoms with Gasteiger partial charge in [0.2, 0.25) is 5.91 Å². The van der Waals surface area contributed by atoms with Crippen LogP contribution in [0.2, 0.25) is 0 Å². The maximum atomic E-state index is 12.9. The van der Waals surface area contributed by atoms with Gasteiger partial charge in [-0.25, -0.2) is 0 Å². The third kappa shape index (κ3) is 4.62. The van der Waals surface area contributed by atoms with E-state index in [1.54, 1.807) is 11.0 Å². The molecule has 144 valence electrons. The molecule has 2 aromatic rings. The lowest BCUT2D eigenvalue weighted by Gasteiger charge is -2.36. The molecule has 0 radical (unpaired) electrons. The van der Waals surface area contributed by atoms with Crippen molar-refractivity contribution >= 4 is 11.6 Å². The number of nitrogens with zero attached hydrogens (tertiary/aromatic N) is 2. The second kappa shape index (κ2) is 7.62. The summed E-state index contributed by atoms with van der Waals surface area (Å²) in [5.41, 5.74) is 3.15. The first kappa shape index (κ1) is 19.3. The molecule has 1 fully saturated rings. The predicted octanol–water partition coefficient (Wildman–Crippen LogP) is 4.21. The highest BCUT2D eigenvalue weighted by Gasteiger charge is 2.31. The van der Waals surface area contributed by atoms with Gasteiger partial charge in [-0.3, -0.25) is 4.79 Å². The van der Waals surface area contributed by atoms with Crippen LogP contribution in [-0.2, 0) is 17.4 Å². The Hall–Kier alpha value is -2.50. The second-order valence-corrected chi connectivity index (χ2v) is 7.02. The highest BCUT2D eigenvalue weighted by Crippen LogP contribution is 2.31. The van der Waals surface area contributed by atoms with Gasteiger partial charge in [0.05, 0.1) is 12.0 Å². The maximum Gasteiger partial charge on any atom is 0.416 e. The molecule has 3 rings (SSSR count). The number of aryl methyl sites for hydroxylation is 2. The van der Waals surface area contributed by atoms with Crippen LogP contribution < -0.4 is 4.90 Å². The average molecular weight is 376 g/mol. The Morgan fingerprint density at radius 1 is 1.00 bits per heavy atom. The highest BCUT2D eigenvalue weighted by molar-refractivity contribution is 5.79. The van der Waals surface area contributed by atoms with Crippen molar-refractivity contribution in [3.8, 4) is 0 Å². The summed E-state index contributed by atoms with van der Waals surface area (Å²) < 4.78 is 38.7. The molecule has 1 aliphatic heterocycles. The molecule has 0 spiro atoms. The molecule has 1 amide bonds. The van der Waals surface area contributed by atoms with E-state index in [4.69, 9.17) is 0 Å². The van der Waals surface area contributed by atoms with E-state index in [0.29, 0.717) is 38.3 Å². The zero-order chi connectivity index (χ0) is 19.6. The second-order valence-electron chi connectivity index (χ2n) is 7.02. The van der Waals surface area contributed by atoms with Gasteiger partial charge in [0.15, 0.2) is 0 Å². The van der Waals surface area contributed by atoms with Crippen molar-refractivity contribution in [2.75, 3.05) is 31.1 Å². The summed E-state index contributed by atoms with van der Waals surface area (Å²) in [6.45, 7) is 6.08. The number of rotatable bonds is 3. The van der Waals surface area contributed by atoms with Crippen molar-refractivity contribution in [2.45, 2.75) is 26.4 Å². The summed E-state index contributed by atoms with van der Waals surface area (Å²) in [5, 5.41) is 0. The zero-order valence-electron chi connectivity index (χ0n) is 15.5. The monoisotopic (exact) mass is 376 g/mol. The van der Waals surface area contributed by atoms with Crippen molar-refractivity contribution in [2.24, 2.45) is 0 Å². The fraction of sp³-hybridized carbons (Fsp3) is 0.381. The van der Waals surface area contributed by atoms with Gasteiger partial charge in [-0.05, 0) is 43.2 Å². The third-order valence-electron chi connectivity index (χ3n) is 5.02. The Labute approximate surface area is 157 Å². The summed E-state index contributed by atoms with van der Waals surface area (Å²) in [5.74, 6) is 0.0624. The van der Waals surface area contributed by atoms with Crippen LogP contribution in [0, 0.1) is 13.8 Å². The summed E-state index contributed by atoms with van der Waals surface area (Å²) in [4.78, 5) is 16.3. The molecule has 2 aromatic carbocycles. The van der Waals surface area contributed by atoms with Gasteiger partial charge < -0.3 is 9.80 Å². The van der Waals surface area contributed by atoms with E-state index in [1.807, 2.05) is 36.9 Å². The largest absolute Gasteiger partial charge is 0.416 e. The predicted molar refractivity (Wildman–Crippen MR) is 99.9 cm³/mol. The molecule has 0 bridgehead atoms. The Kier molecular flexibility index (Phi) is 5.44. The number of piperazine rings is 1. The average Bonchev–Trinajstić information content (AvgIpc) is 2.64. The molecule has 0 unspecified atom stereocenters. The van der Waals surface area contributed by atoms with Crippen molar-refractivity contribution in [1.82, 2.24) is 4.90 Å². The SMILES string of the molecule is Cc1ccc(C)c(CC(=O)N2CCN(c3cccc(C(F)(F)F)c3)CC2)c1. The van der Waals surface area contributed by atoms with Crippen molar-refractivity contribution in [3.05, 3.63) is 64.7 Å². The van der Waals surface area contributed by atoms with Gasteiger partial charge in [-0.15, -0.1) is 0 Å². The quantitative estimate of drug-likeness (QED) is 0.801. The molecular formula is C21H23F3N2O.